The van der Waals surface area contributed by atoms with Gasteiger partial charge in [0.1, 0.15) is 0 Å². The molecule has 6 heteroatoms. The molecule has 0 radical (unpaired) electrons. The molecule has 0 aliphatic carbocycles. The minimum Gasteiger partial charge on any atom is -0.379 e. The minimum absolute atomic E-state index is 0.801. The first-order valence-corrected chi connectivity index (χ1v) is 11.9. The second-order valence-electron chi connectivity index (χ2n) is 8.47. The molecular formula is C24H41N5O. The smallest absolute Gasteiger partial charge is 0.191 e. The van der Waals surface area contributed by atoms with Crippen molar-refractivity contribution in [2.45, 2.75) is 51.6 Å². The third-order valence-electron chi connectivity index (χ3n) is 6.18. The van der Waals surface area contributed by atoms with Crippen LogP contribution in [-0.4, -0.2) is 75.3 Å². The van der Waals surface area contributed by atoms with Gasteiger partial charge in [-0.05, 0) is 56.4 Å². The third-order valence-corrected chi connectivity index (χ3v) is 6.18. The Morgan fingerprint density at radius 3 is 2.43 bits per heavy atom. The largest absolute Gasteiger partial charge is 0.379 e. The van der Waals surface area contributed by atoms with Gasteiger partial charge < -0.3 is 20.3 Å². The molecule has 168 valence electrons. The summed E-state index contributed by atoms with van der Waals surface area (Å²) in [5.74, 6) is 0.896. The minimum atomic E-state index is 0.801. The lowest BCUT2D eigenvalue weighted by Gasteiger charge is -2.27. The zero-order valence-corrected chi connectivity index (χ0v) is 18.9. The molecule has 0 atom stereocenters. The summed E-state index contributed by atoms with van der Waals surface area (Å²) in [4.78, 5) is 9.50. The number of morpholine rings is 1. The van der Waals surface area contributed by atoms with E-state index < -0.39 is 0 Å². The Labute approximate surface area is 183 Å². The molecule has 2 aliphatic heterocycles. The number of aliphatic imine (C=N–C) groups is 1. The summed E-state index contributed by atoms with van der Waals surface area (Å²) in [6.45, 7) is 10.4. The van der Waals surface area contributed by atoms with Crippen LogP contribution in [0.4, 0.5) is 0 Å². The highest BCUT2D eigenvalue weighted by Crippen LogP contribution is 2.13. The van der Waals surface area contributed by atoms with Crippen LogP contribution in [0, 0.1) is 0 Å². The quantitative estimate of drug-likeness (QED) is 0.350. The van der Waals surface area contributed by atoms with Crippen molar-refractivity contribution in [1.29, 1.82) is 0 Å². The zero-order chi connectivity index (χ0) is 20.9. The van der Waals surface area contributed by atoms with Gasteiger partial charge in [0.25, 0.3) is 0 Å². The highest BCUT2D eigenvalue weighted by Gasteiger charge is 2.13. The summed E-state index contributed by atoms with van der Waals surface area (Å²) in [5.41, 5.74) is 2.73. The summed E-state index contributed by atoms with van der Waals surface area (Å²) in [5, 5.41) is 6.97. The number of nitrogens with one attached hydrogen (secondary N) is 2. The van der Waals surface area contributed by atoms with E-state index in [1.165, 1.54) is 69.3 Å². The number of ether oxygens (including phenoxy) is 1. The Hall–Kier alpha value is -1.63. The second kappa shape index (κ2) is 13.6. The van der Waals surface area contributed by atoms with Gasteiger partial charge in [0.15, 0.2) is 5.96 Å². The lowest BCUT2D eigenvalue weighted by Crippen LogP contribution is -2.38. The number of unbranched alkanes of at least 4 members (excludes halogenated alkanes) is 2. The highest BCUT2D eigenvalue weighted by molar-refractivity contribution is 5.79. The first-order valence-electron chi connectivity index (χ1n) is 11.9. The predicted molar refractivity (Wildman–Crippen MR) is 125 cm³/mol. The molecular weight excluding hydrogens is 374 g/mol. The number of rotatable bonds is 10. The van der Waals surface area contributed by atoms with Crippen molar-refractivity contribution in [1.82, 2.24) is 20.4 Å². The van der Waals surface area contributed by atoms with Crippen LogP contribution in [0.2, 0.25) is 0 Å². The highest BCUT2D eigenvalue weighted by atomic mass is 16.5. The normalized spacial score (nSPS) is 19.0. The monoisotopic (exact) mass is 415 g/mol. The molecule has 2 N–H and O–H groups in total. The molecule has 2 aliphatic rings. The summed E-state index contributed by atoms with van der Waals surface area (Å²) in [6.07, 6.45) is 7.98. The van der Waals surface area contributed by atoms with Gasteiger partial charge in [-0.25, -0.2) is 0 Å². The average molecular weight is 416 g/mol. The van der Waals surface area contributed by atoms with E-state index >= 15 is 0 Å². The molecule has 0 saturated carbocycles. The van der Waals surface area contributed by atoms with Crippen LogP contribution in [-0.2, 0) is 17.8 Å². The van der Waals surface area contributed by atoms with E-state index in [1.807, 2.05) is 7.05 Å². The fraction of sp³-hybridized carbons (Fsp3) is 0.708. The molecule has 0 amide bonds. The Kier molecular flexibility index (Phi) is 10.5. The number of nitrogens with zero attached hydrogens (tertiary/aromatic N) is 3. The summed E-state index contributed by atoms with van der Waals surface area (Å²) < 4.78 is 5.47. The van der Waals surface area contributed by atoms with Crippen molar-refractivity contribution in [3.05, 3.63) is 35.4 Å². The molecule has 30 heavy (non-hydrogen) atoms. The molecule has 2 heterocycles. The summed E-state index contributed by atoms with van der Waals surface area (Å²) in [6, 6.07) is 8.72. The molecule has 0 bridgehead atoms. The molecule has 1 aromatic rings. The molecule has 2 saturated heterocycles. The number of hydrogen-bond donors (Lipinski definition) is 2. The number of hydrogen-bond acceptors (Lipinski definition) is 4. The Bertz CT molecular complexity index is 624. The van der Waals surface area contributed by atoms with Gasteiger partial charge >= 0.3 is 0 Å². The number of piperidine rings is 1. The third kappa shape index (κ3) is 8.25. The lowest BCUT2D eigenvalue weighted by molar-refractivity contribution is 0.0341. The molecule has 0 aromatic heterocycles. The van der Waals surface area contributed by atoms with Crippen LogP contribution in [0.3, 0.4) is 0 Å². The average Bonchev–Trinajstić information content (AvgIpc) is 2.80. The molecule has 0 spiro atoms. The van der Waals surface area contributed by atoms with Crippen molar-refractivity contribution < 1.29 is 4.74 Å². The van der Waals surface area contributed by atoms with Gasteiger partial charge in [-0.2, -0.15) is 0 Å². The van der Waals surface area contributed by atoms with Crippen LogP contribution < -0.4 is 10.6 Å². The van der Waals surface area contributed by atoms with Crippen LogP contribution in [0.1, 0.15) is 49.7 Å². The van der Waals surface area contributed by atoms with E-state index in [0.717, 1.165) is 51.9 Å². The maximum Gasteiger partial charge on any atom is 0.191 e. The van der Waals surface area contributed by atoms with E-state index in [4.69, 9.17) is 4.74 Å². The Balaban J connectivity index is 1.33. The van der Waals surface area contributed by atoms with Gasteiger partial charge in [0.2, 0.25) is 0 Å². The number of guanidine groups is 1. The first-order chi connectivity index (χ1) is 14.8. The van der Waals surface area contributed by atoms with E-state index in [9.17, 15) is 0 Å². The second-order valence-corrected chi connectivity index (χ2v) is 8.47. The van der Waals surface area contributed by atoms with E-state index in [-0.39, 0.29) is 0 Å². The van der Waals surface area contributed by atoms with Gasteiger partial charge in [-0.15, -0.1) is 0 Å². The standard InChI is InChI=1S/C24H41N5O/c1-25-24(26-12-6-2-7-13-28-14-8-3-9-15-28)27-20-22-10-4-5-11-23(22)21-29-16-18-30-19-17-29/h4-5,10-11H,2-3,6-9,12-21H2,1H3,(H2,25,26,27). The van der Waals surface area contributed by atoms with E-state index in [0.29, 0.717) is 0 Å². The van der Waals surface area contributed by atoms with Crippen LogP contribution in [0.15, 0.2) is 29.3 Å². The van der Waals surface area contributed by atoms with Crippen LogP contribution in [0.25, 0.3) is 0 Å². The summed E-state index contributed by atoms with van der Waals surface area (Å²) in [7, 11) is 1.85. The van der Waals surface area contributed by atoms with Crippen molar-refractivity contribution >= 4 is 5.96 Å². The van der Waals surface area contributed by atoms with Gasteiger partial charge in [-0.1, -0.05) is 37.1 Å². The van der Waals surface area contributed by atoms with E-state index in [2.05, 4.69) is 49.7 Å². The van der Waals surface area contributed by atoms with Crippen molar-refractivity contribution in [2.24, 2.45) is 4.99 Å². The zero-order valence-electron chi connectivity index (χ0n) is 18.9. The summed E-state index contributed by atoms with van der Waals surface area (Å²) >= 11 is 0. The lowest BCUT2D eigenvalue weighted by atomic mass is 10.1. The van der Waals surface area contributed by atoms with Crippen molar-refractivity contribution in [3.8, 4) is 0 Å². The topological polar surface area (TPSA) is 52.1 Å². The maximum absolute atomic E-state index is 5.47. The Morgan fingerprint density at radius 2 is 1.67 bits per heavy atom. The first kappa shape index (κ1) is 23.0. The fourth-order valence-corrected chi connectivity index (χ4v) is 4.31. The molecule has 1 aromatic carbocycles. The van der Waals surface area contributed by atoms with Crippen LogP contribution >= 0.6 is 0 Å². The molecule has 2 fully saturated rings. The van der Waals surface area contributed by atoms with Crippen LogP contribution in [0.5, 0.6) is 0 Å². The molecule has 3 rings (SSSR count). The number of likely N-dealkylation sites (tertiary alicyclic amines) is 1. The van der Waals surface area contributed by atoms with Crippen molar-refractivity contribution in [3.63, 3.8) is 0 Å². The van der Waals surface area contributed by atoms with Crippen molar-refractivity contribution in [2.75, 3.05) is 59.5 Å². The number of benzene rings is 1. The SMILES string of the molecule is CN=C(NCCCCCN1CCCCC1)NCc1ccccc1CN1CCOCC1. The van der Waals surface area contributed by atoms with Gasteiger partial charge in [-0.3, -0.25) is 9.89 Å². The maximum atomic E-state index is 5.47. The van der Waals surface area contributed by atoms with Gasteiger partial charge in [0.05, 0.1) is 13.2 Å². The molecule has 6 nitrogen and oxygen atoms in total. The molecule has 0 unspecified atom stereocenters. The Morgan fingerprint density at radius 1 is 0.900 bits per heavy atom. The van der Waals surface area contributed by atoms with E-state index in [1.54, 1.807) is 0 Å². The van der Waals surface area contributed by atoms with Gasteiger partial charge in [0, 0.05) is 39.8 Å². The fourth-order valence-electron chi connectivity index (χ4n) is 4.31. The predicted octanol–water partition coefficient (Wildman–Crippen LogP) is 2.84.